The van der Waals surface area contributed by atoms with Gasteiger partial charge in [0.2, 0.25) is 5.91 Å². The highest BCUT2D eigenvalue weighted by molar-refractivity contribution is 5.97. The number of nitrogens with one attached hydrogen (secondary N) is 1. The van der Waals surface area contributed by atoms with E-state index in [0.29, 0.717) is 43.3 Å². The van der Waals surface area contributed by atoms with E-state index in [1.165, 1.54) is 0 Å². The number of alkyl halides is 3. The second-order valence-electron chi connectivity index (χ2n) is 8.92. The minimum atomic E-state index is -4.64. The summed E-state index contributed by atoms with van der Waals surface area (Å²) in [5.74, 6) is -0.949. The maximum Gasteiger partial charge on any atom is 0.416 e. The van der Waals surface area contributed by atoms with Gasteiger partial charge in [0.1, 0.15) is 11.3 Å². The molecule has 0 saturated carbocycles. The van der Waals surface area contributed by atoms with E-state index in [0.717, 1.165) is 17.6 Å². The molecule has 3 aromatic rings. The third kappa shape index (κ3) is 4.34. The van der Waals surface area contributed by atoms with Crippen molar-refractivity contribution in [1.29, 1.82) is 0 Å². The van der Waals surface area contributed by atoms with E-state index in [-0.39, 0.29) is 42.1 Å². The number of nitrogens with zero attached hydrogens (tertiary/aromatic N) is 4. The number of carbonyl (C=O) groups excluding carboxylic acids is 2. The van der Waals surface area contributed by atoms with Crippen molar-refractivity contribution < 1.29 is 27.2 Å². The van der Waals surface area contributed by atoms with Crippen LogP contribution in [0.3, 0.4) is 0 Å². The smallest absolute Gasteiger partial charge is 0.342 e. The van der Waals surface area contributed by atoms with E-state index in [9.17, 15) is 27.2 Å². The Balaban J connectivity index is 1.16. The Morgan fingerprint density at radius 1 is 1.00 bits per heavy atom. The van der Waals surface area contributed by atoms with Crippen LogP contribution in [0, 0.1) is 17.7 Å². The topological polar surface area (TPSA) is 82.2 Å². The van der Waals surface area contributed by atoms with Crippen molar-refractivity contribution >= 4 is 22.8 Å². The molecule has 3 heterocycles. The number of likely N-dealkylation sites (tertiary alicyclic amines) is 2. The summed E-state index contributed by atoms with van der Waals surface area (Å²) in [4.78, 5) is 29.1. The van der Waals surface area contributed by atoms with E-state index in [1.807, 2.05) is 0 Å². The lowest BCUT2D eigenvalue weighted by atomic mass is 10.0. The lowest BCUT2D eigenvalue weighted by Crippen LogP contribution is -2.35. The molecule has 1 N–H and O–H groups in total. The first kappa shape index (κ1) is 22.3. The van der Waals surface area contributed by atoms with Crippen molar-refractivity contribution in [3.05, 3.63) is 58.9 Å². The maximum absolute atomic E-state index is 13.6. The van der Waals surface area contributed by atoms with Crippen LogP contribution in [0.2, 0.25) is 0 Å². The summed E-state index contributed by atoms with van der Waals surface area (Å²) < 4.78 is 52.3. The average molecular weight is 475 g/mol. The van der Waals surface area contributed by atoms with Crippen molar-refractivity contribution in [3.8, 4) is 0 Å². The molecule has 2 amide bonds. The maximum atomic E-state index is 13.6. The van der Waals surface area contributed by atoms with Gasteiger partial charge in [0.05, 0.1) is 11.1 Å². The van der Waals surface area contributed by atoms with Gasteiger partial charge < -0.3 is 9.80 Å². The molecular weight excluding hydrogens is 454 g/mol. The van der Waals surface area contributed by atoms with Crippen molar-refractivity contribution in [2.45, 2.75) is 19.0 Å². The van der Waals surface area contributed by atoms with Gasteiger partial charge in [-0.05, 0) is 48.4 Å². The summed E-state index contributed by atoms with van der Waals surface area (Å²) in [6.45, 7) is 2.05. The summed E-state index contributed by atoms with van der Waals surface area (Å²) in [7, 11) is 0. The van der Waals surface area contributed by atoms with E-state index in [2.05, 4.69) is 15.4 Å². The quantitative estimate of drug-likeness (QED) is 0.588. The lowest BCUT2D eigenvalue weighted by Gasteiger charge is -2.22. The van der Waals surface area contributed by atoms with Gasteiger partial charge in [-0.15, -0.1) is 5.10 Å². The highest BCUT2D eigenvalue weighted by Gasteiger charge is 2.43. The number of aryl methyl sites for hydroxylation is 1. The largest absolute Gasteiger partial charge is 0.416 e. The van der Waals surface area contributed by atoms with E-state index in [1.54, 1.807) is 28.0 Å². The molecular formula is C23H21F4N5O2. The Morgan fingerprint density at radius 2 is 1.71 bits per heavy atom. The van der Waals surface area contributed by atoms with Crippen LogP contribution in [0.1, 0.15) is 27.9 Å². The van der Waals surface area contributed by atoms with Gasteiger partial charge in [-0.3, -0.25) is 14.7 Å². The van der Waals surface area contributed by atoms with Gasteiger partial charge in [0, 0.05) is 50.0 Å². The molecule has 2 atom stereocenters. The fourth-order valence-electron chi connectivity index (χ4n) is 4.89. The highest BCUT2D eigenvalue weighted by Crippen LogP contribution is 2.33. The number of hydrogen-bond donors (Lipinski definition) is 1. The first-order valence-electron chi connectivity index (χ1n) is 10.9. The fraction of sp³-hybridized carbons (Fsp3) is 0.391. The standard InChI is InChI=1S/C23H21F4N5O2/c24-18-6-13(5-17(8-18)23(25,26)27)1-4-21(33)31-9-15-11-32(12-16(15)10-31)22(34)14-2-3-19-20(7-14)29-30-28-19/h2-3,5-8,15-16H,1,4,9-12H2,(H,28,29,30). The van der Waals surface area contributed by atoms with Crippen LogP contribution < -0.4 is 0 Å². The Labute approximate surface area is 191 Å². The molecule has 2 aliphatic heterocycles. The van der Waals surface area contributed by atoms with Crippen LogP contribution in [0.25, 0.3) is 11.0 Å². The molecule has 2 aromatic carbocycles. The number of carbonyl (C=O) groups is 2. The second kappa shape index (κ2) is 8.37. The first-order chi connectivity index (χ1) is 16.2. The number of aromatic amines is 1. The summed E-state index contributed by atoms with van der Waals surface area (Å²) in [5, 5.41) is 10.4. The molecule has 2 aliphatic rings. The minimum Gasteiger partial charge on any atom is -0.342 e. The van der Waals surface area contributed by atoms with Crippen LogP contribution in [-0.2, 0) is 17.4 Å². The summed E-state index contributed by atoms with van der Waals surface area (Å²) >= 11 is 0. The zero-order chi connectivity index (χ0) is 24.0. The number of rotatable bonds is 4. The summed E-state index contributed by atoms with van der Waals surface area (Å²) in [5.41, 5.74) is 0.973. The van der Waals surface area contributed by atoms with Gasteiger partial charge in [0.15, 0.2) is 0 Å². The minimum absolute atomic E-state index is 0.000545. The lowest BCUT2D eigenvalue weighted by molar-refractivity contribution is -0.137. The molecule has 5 rings (SSSR count). The van der Waals surface area contributed by atoms with Crippen molar-refractivity contribution in [2.24, 2.45) is 11.8 Å². The van der Waals surface area contributed by atoms with Crippen LogP contribution in [0.4, 0.5) is 17.6 Å². The van der Waals surface area contributed by atoms with Crippen molar-refractivity contribution in [2.75, 3.05) is 26.2 Å². The van der Waals surface area contributed by atoms with Crippen LogP contribution in [0.15, 0.2) is 36.4 Å². The van der Waals surface area contributed by atoms with Crippen molar-refractivity contribution in [1.82, 2.24) is 25.2 Å². The number of halogens is 4. The highest BCUT2D eigenvalue weighted by atomic mass is 19.4. The molecule has 2 saturated heterocycles. The van der Waals surface area contributed by atoms with E-state index in [4.69, 9.17) is 0 Å². The molecule has 1 aromatic heterocycles. The Kier molecular flexibility index (Phi) is 5.49. The molecule has 34 heavy (non-hydrogen) atoms. The van der Waals surface area contributed by atoms with Crippen LogP contribution >= 0.6 is 0 Å². The molecule has 0 aliphatic carbocycles. The molecule has 0 spiro atoms. The summed E-state index contributed by atoms with van der Waals surface area (Å²) in [6.07, 6.45) is -4.61. The van der Waals surface area contributed by atoms with Crippen LogP contribution in [0.5, 0.6) is 0 Å². The zero-order valence-electron chi connectivity index (χ0n) is 18.0. The number of H-pyrrole nitrogens is 1. The summed E-state index contributed by atoms with van der Waals surface area (Å²) in [6, 6.07) is 7.54. The van der Waals surface area contributed by atoms with Gasteiger partial charge in [0.25, 0.3) is 5.91 Å². The number of benzene rings is 2. The van der Waals surface area contributed by atoms with Gasteiger partial charge >= 0.3 is 6.18 Å². The third-order valence-electron chi connectivity index (χ3n) is 6.61. The van der Waals surface area contributed by atoms with Gasteiger partial charge in [-0.1, -0.05) is 5.21 Å². The average Bonchev–Trinajstić information content (AvgIpc) is 3.50. The zero-order valence-corrected chi connectivity index (χ0v) is 18.0. The third-order valence-corrected chi connectivity index (χ3v) is 6.61. The SMILES string of the molecule is O=C(CCc1cc(F)cc(C(F)(F)F)c1)N1CC2CN(C(=O)c3ccc4[nH]nnc4c3)CC2C1. The van der Waals surface area contributed by atoms with Gasteiger partial charge in [-0.2, -0.15) is 13.2 Å². The predicted molar refractivity (Wildman–Crippen MR) is 113 cm³/mol. The molecule has 2 fully saturated rings. The fourth-order valence-corrected chi connectivity index (χ4v) is 4.89. The van der Waals surface area contributed by atoms with Gasteiger partial charge in [-0.25, -0.2) is 4.39 Å². The molecule has 0 radical (unpaired) electrons. The number of amides is 2. The normalized spacial score (nSPS) is 20.2. The molecule has 2 unspecified atom stereocenters. The Hall–Kier alpha value is -3.50. The molecule has 11 heteroatoms. The molecule has 178 valence electrons. The predicted octanol–water partition coefficient (Wildman–Crippen LogP) is 3.28. The first-order valence-corrected chi connectivity index (χ1v) is 10.9. The second-order valence-corrected chi connectivity index (χ2v) is 8.92. The number of hydrogen-bond acceptors (Lipinski definition) is 4. The van der Waals surface area contributed by atoms with E-state index >= 15 is 0 Å². The Morgan fingerprint density at radius 3 is 2.41 bits per heavy atom. The molecule has 0 bridgehead atoms. The van der Waals surface area contributed by atoms with Crippen molar-refractivity contribution in [3.63, 3.8) is 0 Å². The van der Waals surface area contributed by atoms with Crippen LogP contribution in [-0.4, -0.2) is 63.2 Å². The van der Waals surface area contributed by atoms with E-state index < -0.39 is 17.6 Å². The number of fused-ring (bicyclic) bond motifs is 2. The molecule has 7 nitrogen and oxygen atoms in total. The monoisotopic (exact) mass is 475 g/mol. The Bertz CT molecular complexity index is 1240. The number of aromatic nitrogens is 3.